The van der Waals surface area contributed by atoms with Crippen LogP contribution in [-0.2, 0) is 17.9 Å². The average Bonchev–Trinajstić information content (AvgIpc) is 3.51. The van der Waals surface area contributed by atoms with E-state index in [1.807, 2.05) is 0 Å². The van der Waals surface area contributed by atoms with Crippen LogP contribution >= 0.6 is 0 Å². The van der Waals surface area contributed by atoms with Crippen molar-refractivity contribution in [2.45, 2.75) is 13.1 Å². The number of rotatable bonds is 8. The van der Waals surface area contributed by atoms with Crippen molar-refractivity contribution in [3.8, 4) is 34.3 Å². The molecule has 0 saturated carbocycles. The smallest absolute Gasteiger partial charge is 0.263 e. The van der Waals surface area contributed by atoms with Gasteiger partial charge in [-0.15, -0.1) is 0 Å². The molecule has 4 aromatic rings. The van der Waals surface area contributed by atoms with Crippen LogP contribution in [0.25, 0.3) is 22.8 Å². The summed E-state index contributed by atoms with van der Waals surface area (Å²) in [4.78, 5) is 29.4. The topological polar surface area (TPSA) is 122 Å². The number of nitrogens with zero attached hydrogens (tertiary/aromatic N) is 3. The van der Waals surface area contributed by atoms with E-state index >= 15 is 0 Å². The molecule has 0 fully saturated rings. The zero-order valence-corrected chi connectivity index (χ0v) is 17.4. The lowest BCUT2D eigenvalue weighted by molar-refractivity contribution is -0.121. The van der Waals surface area contributed by atoms with E-state index in [0.29, 0.717) is 22.8 Å². The van der Waals surface area contributed by atoms with E-state index in [-0.39, 0.29) is 36.3 Å². The van der Waals surface area contributed by atoms with Gasteiger partial charge < -0.3 is 28.3 Å². The Labute approximate surface area is 182 Å². The van der Waals surface area contributed by atoms with Gasteiger partial charge in [-0.3, -0.25) is 9.59 Å². The molecule has 0 aliphatic heterocycles. The Balaban J connectivity index is 1.53. The minimum Gasteiger partial charge on any atom is -0.493 e. The Morgan fingerprint density at radius 3 is 2.72 bits per heavy atom. The van der Waals surface area contributed by atoms with Gasteiger partial charge in [-0.05, 0) is 42.5 Å². The van der Waals surface area contributed by atoms with Crippen molar-refractivity contribution in [1.29, 1.82) is 0 Å². The van der Waals surface area contributed by atoms with Gasteiger partial charge in [-0.2, -0.15) is 4.98 Å². The number of carbonyl (C=O) groups excluding carboxylic acids is 1. The van der Waals surface area contributed by atoms with Crippen LogP contribution in [0.15, 0.2) is 68.7 Å². The standard InChI is InChI=1S/C22H20N4O6/c1-29-17-8-7-14(11-18(17)30-2)20-24-21(32-25-20)16-6-3-9-26(22(16)28)13-19(27)23-12-15-5-4-10-31-15/h3-11H,12-13H2,1-2H3,(H,23,27). The van der Waals surface area contributed by atoms with Gasteiger partial charge in [0, 0.05) is 11.8 Å². The first-order valence-electron chi connectivity index (χ1n) is 9.64. The molecule has 0 radical (unpaired) electrons. The minimum absolute atomic E-state index is 0.0464. The van der Waals surface area contributed by atoms with E-state index in [0.717, 1.165) is 0 Å². The van der Waals surface area contributed by atoms with Crippen LogP contribution in [0.5, 0.6) is 11.5 Å². The number of aromatic nitrogens is 3. The van der Waals surface area contributed by atoms with E-state index in [1.165, 1.54) is 24.1 Å². The van der Waals surface area contributed by atoms with Crippen LogP contribution in [0.2, 0.25) is 0 Å². The maximum Gasteiger partial charge on any atom is 0.263 e. The van der Waals surface area contributed by atoms with Gasteiger partial charge in [0.05, 0.1) is 27.0 Å². The molecule has 3 heterocycles. The van der Waals surface area contributed by atoms with Crippen LogP contribution in [0, 0.1) is 0 Å². The third-order valence-corrected chi connectivity index (χ3v) is 4.67. The SMILES string of the molecule is COc1ccc(-c2noc(-c3cccn(CC(=O)NCc4ccco4)c3=O)n2)cc1OC. The number of nitrogens with one attached hydrogen (secondary N) is 1. The zero-order chi connectivity index (χ0) is 22.5. The van der Waals surface area contributed by atoms with E-state index < -0.39 is 5.56 Å². The first kappa shape index (κ1) is 20.9. The number of pyridine rings is 1. The lowest BCUT2D eigenvalue weighted by Crippen LogP contribution is -2.32. The van der Waals surface area contributed by atoms with Crippen molar-refractivity contribution in [1.82, 2.24) is 20.0 Å². The number of hydrogen-bond acceptors (Lipinski definition) is 8. The molecular weight excluding hydrogens is 416 g/mol. The van der Waals surface area contributed by atoms with Gasteiger partial charge >= 0.3 is 0 Å². The van der Waals surface area contributed by atoms with Crippen molar-refractivity contribution in [2.24, 2.45) is 0 Å². The highest BCUT2D eigenvalue weighted by atomic mass is 16.5. The minimum atomic E-state index is -0.428. The summed E-state index contributed by atoms with van der Waals surface area (Å²) < 4.78 is 22.3. The fourth-order valence-electron chi connectivity index (χ4n) is 3.06. The molecule has 10 heteroatoms. The van der Waals surface area contributed by atoms with Crippen LogP contribution < -0.4 is 20.3 Å². The number of ether oxygens (including phenoxy) is 2. The van der Waals surface area contributed by atoms with Crippen molar-refractivity contribution >= 4 is 5.91 Å². The van der Waals surface area contributed by atoms with Crippen LogP contribution in [0.1, 0.15) is 5.76 Å². The number of amides is 1. The Kier molecular flexibility index (Phi) is 6.02. The highest BCUT2D eigenvalue weighted by molar-refractivity contribution is 5.75. The second-order valence-electron chi connectivity index (χ2n) is 6.70. The van der Waals surface area contributed by atoms with E-state index in [9.17, 15) is 9.59 Å². The van der Waals surface area contributed by atoms with Crippen LogP contribution in [0.4, 0.5) is 0 Å². The average molecular weight is 436 g/mol. The highest BCUT2D eigenvalue weighted by Crippen LogP contribution is 2.31. The van der Waals surface area contributed by atoms with Crippen molar-refractivity contribution in [2.75, 3.05) is 14.2 Å². The molecule has 0 bridgehead atoms. The van der Waals surface area contributed by atoms with E-state index in [2.05, 4.69) is 15.5 Å². The Morgan fingerprint density at radius 2 is 1.97 bits per heavy atom. The predicted octanol–water partition coefficient (Wildman–Crippen LogP) is 2.49. The Hall–Kier alpha value is -4.34. The predicted molar refractivity (Wildman–Crippen MR) is 113 cm³/mol. The Bertz CT molecular complexity index is 1280. The molecule has 1 N–H and O–H groups in total. The summed E-state index contributed by atoms with van der Waals surface area (Å²) in [5.41, 5.74) is 0.389. The highest BCUT2D eigenvalue weighted by Gasteiger charge is 2.17. The molecule has 164 valence electrons. The summed E-state index contributed by atoms with van der Waals surface area (Å²) >= 11 is 0. The van der Waals surface area contributed by atoms with Gasteiger partial charge in [-0.1, -0.05) is 5.16 Å². The van der Waals surface area contributed by atoms with Gasteiger partial charge in [0.15, 0.2) is 11.5 Å². The summed E-state index contributed by atoms with van der Waals surface area (Å²) in [6, 6.07) is 11.9. The van der Waals surface area contributed by atoms with Crippen LogP contribution in [-0.4, -0.2) is 34.8 Å². The van der Waals surface area contributed by atoms with Gasteiger partial charge in [0.2, 0.25) is 11.7 Å². The van der Waals surface area contributed by atoms with Crippen molar-refractivity contribution in [3.05, 3.63) is 71.0 Å². The fraction of sp³-hybridized carbons (Fsp3) is 0.182. The number of hydrogen-bond donors (Lipinski definition) is 1. The molecule has 1 aromatic carbocycles. The number of methoxy groups -OCH3 is 2. The Morgan fingerprint density at radius 1 is 1.12 bits per heavy atom. The maximum absolute atomic E-state index is 12.9. The molecule has 1 amide bonds. The van der Waals surface area contributed by atoms with Gasteiger partial charge in [0.25, 0.3) is 11.4 Å². The molecule has 0 saturated heterocycles. The third-order valence-electron chi connectivity index (χ3n) is 4.67. The second-order valence-corrected chi connectivity index (χ2v) is 6.70. The number of benzene rings is 1. The third kappa shape index (κ3) is 4.38. The molecule has 0 atom stereocenters. The molecule has 0 spiro atoms. The fourth-order valence-corrected chi connectivity index (χ4v) is 3.06. The summed E-state index contributed by atoms with van der Waals surface area (Å²) in [5, 5.41) is 6.66. The summed E-state index contributed by atoms with van der Waals surface area (Å²) in [5.74, 6) is 1.69. The van der Waals surface area contributed by atoms with E-state index in [1.54, 1.807) is 49.6 Å². The van der Waals surface area contributed by atoms with Gasteiger partial charge in [-0.25, -0.2) is 0 Å². The van der Waals surface area contributed by atoms with E-state index in [4.69, 9.17) is 18.4 Å². The van der Waals surface area contributed by atoms with Crippen LogP contribution in [0.3, 0.4) is 0 Å². The molecule has 4 rings (SSSR count). The summed E-state index contributed by atoms with van der Waals surface area (Å²) in [6.07, 6.45) is 3.04. The number of carbonyl (C=O) groups is 1. The van der Waals surface area contributed by atoms with Crippen molar-refractivity contribution in [3.63, 3.8) is 0 Å². The first-order valence-corrected chi connectivity index (χ1v) is 9.64. The molecule has 0 aliphatic rings. The largest absolute Gasteiger partial charge is 0.493 e. The monoisotopic (exact) mass is 436 g/mol. The molecule has 0 aliphatic carbocycles. The molecule has 0 unspecified atom stereocenters. The quantitative estimate of drug-likeness (QED) is 0.447. The van der Waals surface area contributed by atoms with Crippen molar-refractivity contribution < 1.29 is 23.2 Å². The molecule has 32 heavy (non-hydrogen) atoms. The summed E-state index contributed by atoms with van der Waals surface area (Å²) in [7, 11) is 3.07. The second kappa shape index (κ2) is 9.21. The first-order chi connectivity index (χ1) is 15.6. The summed E-state index contributed by atoms with van der Waals surface area (Å²) in [6.45, 7) is 0.0721. The lowest BCUT2D eigenvalue weighted by atomic mass is 10.2. The normalized spacial score (nSPS) is 10.7. The lowest BCUT2D eigenvalue weighted by Gasteiger charge is -2.07. The molecule has 10 nitrogen and oxygen atoms in total. The number of furan rings is 1. The molecular formula is C22H20N4O6. The maximum atomic E-state index is 12.9. The molecule has 3 aromatic heterocycles. The van der Waals surface area contributed by atoms with Gasteiger partial charge in [0.1, 0.15) is 17.9 Å². The zero-order valence-electron chi connectivity index (χ0n) is 17.4.